The van der Waals surface area contributed by atoms with E-state index in [4.69, 9.17) is 5.11 Å². The van der Waals surface area contributed by atoms with Crippen LogP contribution < -0.4 is 5.32 Å². The first-order valence-electron chi connectivity index (χ1n) is 6.89. The third-order valence-electron chi connectivity index (χ3n) is 3.92. The molecule has 1 aromatic heterocycles. The van der Waals surface area contributed by atoms with Gasteiger partial charge in [0.25, 0.3) is 0 Å². The standard InChI is InChI=1S/C15H19N3O2/c1-17-9-12(10-18-6-4-16-5-7-18)13-3-2-11(15(19)20)8-14(13)17/h2-3,8-9,16H,4-7,10H2,1H3,(H,19,20). The van der Waals surface area contributed by atoms with Gasteiger partial charge >= 0.3 is 5.97 Å². The first-order valence-corrected chi connectivity index (χ1v) is 6.89. The minimum absolute atomic E-state index is 0.340. The molecular formula is C15H19N3O2. The second-order valence-electron chi connectivity index (χ2n) is 5.33. The normalized spacial score (nSPS) is 16.6. The van der Waals surface area contributed by atoms with Crippen LogP contribution in [0.5, 0.6) is 0 Å². The molecule has 0 aliphatic carbocycles. The Bertz CT molecular complexity index is 642. The summed E-state index contributed by atoms with van der Waals surface area (Å²) in [4.78, 5) is 13.5. The third-order valence-corrected chi connectivity index (χ3v) is 3.92. The summed E-state index contributed by atoms with van der Waals surface area (Å²) in [5, 5.41) is 13.6. The third kappa shape index (κ3) is 2.42. The predicted molar refractivity (Wildman–Crippen MR) is 78.0 cm³/mol. The van der Waals surface area contributed by atoms with E-state index in [9.17, 15) is 4.79 Å². The number of nitrogens with zero attached hydrogens (tertiary/aromatic N) is 2. The van der Waals surface area contributed by atoms with E-state index < -0.39 is 5.97 Å². The summed E-state index contributed by atoms with van der Waals surface area (Å²) in [6.45, 7) is 5.11. The van der Waals surface area contributed by atoms with Gasteiger partial charge in [0.1, 0.15) is 0 Å². The van der Waals surface area contributed by atoms with Crippen LogP contribution in [0.1, 0.15) is 15.9 Å². The lowest BCUT2D eigenvalue weighted by Crippen LogP contribution is -2.42. The fourth-order valence-electron chi connectivity index (χ4n) is 2.84. The zero-order valence-corrected chi connectivity index (χ0v) is 11.6. The molecule has 5 nitrogen and oxygen atoms in total. The molecule has 2 aromatic rings. The molecule has 0 saturated carbocycles. The van der Waals surface area contributed by atoms with Crippen LogP contribution in [0.4, 0.5) is 0 Å². The predicted octanol–water partition coefficient (Wildman–Crippen LogP) is 1.28. The minimum Gasteiger partial charge on any atom is -0.478 e. The zero-order valence-electron chi connectivity index (χ0n) is 11.6. The molecule has 0 unspecified atom stereocenters. The SMILES string of the molecule is Cn1cc(CN2CCNCC2)c2ccc(C(=O)O)cc21. The van der Waals surface area contributed by atoms with Crippen molar-refractivity contribution in [2.45, 2.75) is 6.54 Å². The van der Waals surface area contributed by atoms with Gasteiger partial charge in [0.15, 0.2) is 0 Å². The highest BCUT2D eigenvalue weighted by Crippen LogP contribution is 2.23. The van der Waals surface area contributed by atoms with Gasteiger partial charge in [-0.1, -0.05) is 6.07 Å². The van der Waals surface area contributed by atoms with E-state index in [-0.39, 0.29) is 0 Å². The highest BCUT2D eigenvalue weighted by Gasteiger charge is 2.14. The van der Waals surface area contributed by atoms with E-state index in [0.29, 0.717) is 5.56 Å². The average molecular weight is 273 g/mol. The summed E-state index contributed by atoms with van der Waals surface area (Å²) in [5.74, 6) is -0.878. The van der Waals surface area contributed by atoms with Crippen LogP contribution in [0.15, 0.2) is 24.4 Å². The Balaban J connectivity index is 1.93. The summed E-state index contributed by atoms with van der Waals surface area (Å²) in [6.07, 6.45) is 2.11. The first kappa shape index (κ1) is 13.1. The van der Waals surface area contributed by atoms with Gasteiger partial charge in [-0.25, -0.2) is 4.79 Å². The van der Waals surface area contributed by atoms with Crippen LogP contribution in [-0.4, -0.2) is 46.7 Å². The van der Waals surface area contributed by atoms with Gasteiger partial charge < -0.3 is 15.0 Å². The van der Waals surface area contributed by atoms with Crippen LogP contribution in [0.25, 0.3) is 10.9 Å². The number of carboxylic acids is 1. The lowest BCUT2D eigenvalue weighted by molar-refractivity contribution is 0.0697. The van der Waals surface area contributed by atoms with E-state index in [1.165, 1.54) is 5.56 Å². The molecule has 1 aromatic carbocycles. The van der Waals surface area contributed by atoms with Gasteiger partial charge in [0, 0.05) is 56.9 Å². The van der Waals surface area contributed by atoms with Crippen LogP contribution in [0.3, 0.4) is 0 Å². The Morgan fingerprint density at radius 1 is 1.35 bits per heavy atom. The maximum Gasteiger partial charge on any atom is 0.335 e. The number of aromatic carboxylic acids is 1. The number of aromatic nitrogens is 1. The molecule has 2 N–H and O–H groups in total. The van der Waals surface area contributed by atoms with Crippen molar-refractivity contribution in [3.05, 3.63) is 35.5 Å². The lowest BCUT2D eigenvalue weighted by atomic mass is 10.1. The van der Waals surface area contributed by atoms with Crippen molar-refractivity contribution in [1.82, 2.24) is 14.8 Å². The highest BCUT2D eigenvalue weighted by atomic mass is 16.4. The average Bonchev–Trinajstić information content (AvgIpc) is 2.76. The molecule has 0 bridgehead atoms. The Morgan fingerprint density at radius 2 is 2.10 bits per heavy atom. The Labute approximate surface area is 117 Å². The van der Waals surface area contributed by atoms with Crippen molar-refractivity contribution in [3.63, 3.8) is 0 Å². The van der Waals surface area contributed by atoms with E-state index >= 15 is 0 Å². The largest absolute Gasteiger partial charge is 0.478 e. The number of rotatable bonds is 3. The fraction of sp³-hybridized carbons (Fsp3) is 0.400. The van der Waals surface area contributed by atoms with Crippen LogP contribution in [-0.2, 0) is 13.6 Å². The van der Waals surface area contributed by atoms with Gasteiger partial charge in [-0.15, -0.1) is 0 Å². The number of carboxylic acid groups (broad SMARTS) is 1. The molecule has 2 heterocycles. The van der Waals surface area contributed by atoms with E-state index in [1.54, 1.807) is 12.1 Å². The maximum atomic E-state index is 11.1. The fourth-order valence-corrected chi connectivity index (χ4v) is 2.84. The van der Waals surface area contributed by atoms with E-state index in [0.717, 1.165) is 43.6 Å². The number of piperazine rings is 1. The molecule has 0 spiro atoms. The summed E-state index contributed by atoms with van der Waals surface area (Å²) in [6, 6.07) is 5.36. The zero-order chi connectivity index (χ0) is 14.1. The van der Waals surface area contributed by atoms with E-state index in [1.807, 2.05) is 17.7 Å². The molecule has 3 rings (SSSR count). The van der Waals surface area contributed by atoms with Gasteiger partial charge in [-0.3, -0.25) is 4.90 Å². The first-order chi connectivity index (χ1) is 9.65. The number of nitrogens with one attached hydrogen (secondary N) is 1. The molecule has 5 heteroatoms. The minimum atomic E-state index is -0.878. The number of aryl methyl sites for hydroxylation is 1. The van der Waals surface area contributed by atoms with Crippen LogP contribution >= 0.6 is 0 Å². The molecule has 1 fully saturated rings. The second-order valence-corrected chi connectivity index (χ2v) is 5.33. The van der Waals surface area contributed by atoms with Gasteiger partial charge in [0.05, 0.1) is 5.56 Å². The van der Waals surface area contributed by atoms with Gasteiger partial charge in [-0.2, -0.15) is 0 Å². The summed E-state index contributed by atoms with van der Waals surface area (Å²) in [5.41, 5.74) is 2.59. The van der Waals surface area contributed by atoms with E-state index in [2.05, 4.69) is 16.4 Å². The topological polar surface area (TPSA) is 57.5 Å². The Hall–Kier alpha value is -1.85. The van der Waals surface area contributed by atoms with Crippen molar-refractivity contribution < 1.29 is 9.90 Å². The number of fused-ring (bicyclic) bond motifs is 1. The number of hydrogen-bond donors (Lipinski definition) is 2. The molecule has 1 aliphatic heterocycles. The Morgan fingerprint density at radius 3 is 2.80 bits per heavy atom. The quantitative estimate of drug-likeness (QED) is 0.884. The van der Waals surface area contributed by atoms with Gasteiger partial charge in [0.2, 0.25) is 0 Å². The number of carbonyl (C=O) groups is 1. The maximum absolute atomic E-state index is 11.1. The number of hydrogen-bond acceptors (Lipinski definition) is 3. The van der Waals surface area contributed by atoms with Crippen molar-refractivity contribution in [2.75, 3.05) is 26.2 Å². The number of benzene rings is 1. The Kier molecular flexibility index (Phi) is 3.46. The molecule has 106 valence electrons. The van der Waals surface area contributed by atoms with Crippen molar-refractivity contribution in [2.24, 2.45) is 7.05 Å². The highest BCUT2D eigenvalue weighted by molar-refractivity contribution is 5.94. The molecule has 1 aliphatic rings. The second kappa shape index (κ2) is 5.26. The molecule has 0 radical (unpaired) electrons. The molecular weight excluding hydrogens is 254 g/mol. The van der Waals surface area contributed by atoms with Crippen molar-refractivity contribution >= 4 is 16.9 Å². The van der Waals surface area contributed by atoms with Crippen molar-refractivity contribution in [3.8, 4) is 0 Å². The van der Waals surface area contributed by atoms with Gasteiger partial charge in [-0.05, 0) is 17.7 Å². The molecule has 20 heavy (non-hydrogen) atoms. The van der Waals surface area contributed by atoms with Crippen LogP contribution in [0, 0.1) is 0 Å². The molecule has 0 amide bonds. The monoisotopic (exact) mass is 273 g/mol. The lowest BCUT2D eigenvalue weighted by Gasteiger charge is -2.26. The summed E-state index contributed by atoms with van der Waals surface area (Å²) >= 11 is 0. The smallest absolute Gasteiger partial charge is 0.335 e. The summed E-state index contributed by atoms with van der Waals surface area (Å²) < 4.78 is 2.01. The van der Waals surface area contributed by atoms with Crippen LogP contribution in [0.2, 0.25) is 0 Å². The summed E-state index contributed by atoms with van der Waals surface area (Å²) in [7, 11) is 1.97. The van der Waals surface area contributed by atoms with Crippen molar-refractivity contribution in [1.29, 1.82) is 0 Å². The molecule has 0 atom stereocenters. The molecule has 1 saturated heterocycles.